The number of carbonyl (C=O) groups is 2. The molecule has 0 aliphatic rings. The van der Waals surface area contributed by atoms with Crippen molar-refractivity contribution >= 4 is 28.7 Å². The number of nitrogens with one attached hydrogen (secondary N) is 3. The van der Waals surface area contributed by atoms with Gasteiger partial charge in [0.25, 0.3) is 0 Å². The quantitative estimate of drug-likeness (QED) is 0.261. The van der Waals surface area contributed by atoms with Gasteiger partial charge in [0.05, 0.1) is 11.2 Å². The van der Waals surface area contributed by atoms with E-state index in [1.807, 2.05) is 20.8 Å². The molecule has 12 nitrogen and oxygen atoms in total. The van der Waals surface area contributed by atoms with Crippen LogP contribution in [0.15, 0.2) is 53.8 Å². The highest BCUT2D eigenvalue weighted by Gasteiger charge is 2.24. The topological polar surface area (TPSA) is 157 Å². The molecule has 2 amide bonds. The Morgan fingerprint density at radius 3 is 2.73 bits per heavy atom. The third-order valence-corrected chi connectivity index (χ3v) is 5.98. The van der Waals surface area contributed by atoms with Gasteiger partial charge < -0.3 is 20.1 Å². The summed E-state index contributed by atoms with van der Waals surface area (Å²) in [4.78, 5) is 40.5. The lowest BCUT2D eigenvalue weighted by atomic mass is 9.96. The minimum atomic E-state index is -0.592. The number of aromatic nitrogens is 7. The van der Waals surface area contributed by atoms with Gasteiger partial charge in [-0.3, -0.25) is 14.3 Å². The van der Waals surface area contributed by atoms with Crippen LogP contribution in [-0.4, -0.2) is 46.7 Å². The largest absolute Gasteiger partial charge is 0.344 e. The highest BCUT2D eigenvalue weighted by Crippen LogP contribution is 2.31. The second kappa shape index (κ2) is 10.2. The number of carbonyl (C=O) groups excluding carboxylic acids is 2. The van der Waals surface area contributed by atoms with Gasteiger partial charge in [-0.05, 0) is 23.8 Å². The van der Waals surface area contributed by atoms with Gasteiger partial charge in [0.2, 0.25) is 5.91 Å². The van der Waals surface area contributed by atoms with E-state index in [0.29, 0.717) is 45.3 Å². The van der Waals surface area contributed by atoms with Crippen molar-refractivity contribution in [3.8, 4) is 22.6 Å². The molecule has 13 heteroatoms. The van der Waals surface area contributed by atoms with Crippen LogP contribution < -0.4 is 10.6 Å². The van der Waals surface area contributed by atoms with E-state index in [9.17, 15) is 9.59 Å². The molecule has 5 aromatic rings. The maximum atomic E-state index is 15.1. The molecule has 0 bridgehead atoms. The van der Waals surface area contributed by atoms with Gasteiger partial charge in [-0.1, -0.05) is 44.6 Å². The van der Waals surface area contributed by atoms with Crippen molar-refractivity contribution in [3.05, 3.63) is 72.4 Å². The van der Waals surface area contributed by atoms with E-state index in [1.54, 1.807) is 42.3 Å². The zero-order valence-electron chi connectivity index (χ0n) is 22.2. The van der Waals surface area contributed by atoms with Crippen molar-refractivity contribution in [2.75, 3.05) is 5.32 Å². The second-order valence-electron chi connectivity index (χ2n) is 10.1. The molecular weight excluding hydrogens is 517 g/mol. The lowest BCUT2D eigenvalue weighted by Gasteiger charge is -2.10. The Hall–Kier alpha value is -5.20. The fourth-order valence-corrected chi connectivity index (χ4v) is 3.93. The fraction of sp³-hybridized carbons (Fsp3) is 0.222. The molecule has 204 valence electrons. The van der Waals surface area contributed by atoms with Crippen LogP contribution in [0.3, 0.4) is 0 Å². The molecule has 4 heterocycles. The standard InChI is InChI=1S/C27H26FN9O3/c1-6-19(38)31-18-13-37(5)35-21(18)23-32-20-16(9-10-29-22(20)33-23)14-7-8-15(17(28)11-14)12-30-24(39)25-34-26(36-40-25)27(2,3)4/h6-11,13H,1,12H2,2-5H3,(H,30,39)(H,31,38)(H,29,32,33). The summed E-state index contributed by atoms with van der Waals surface area (Å²) in [6, 6.07) is 6.44. The number of aromatic amines is 1. The summed E-state index contributed by atoms with van der Waals surface area (Å²) in [5.74, 6) is -0.892. The van der Waals surface area contributed by atoms with Crippen molar-refractivity contribution < 1.29 is 18.5 Å². The maximum absolute atomic E-state index is 15.1. The number of imidazole rings is 1. The first-order valence-electron chi connectivity index (χ1n) is 12.3. The van der Waals surface area contributed by atoms with Crippen LogP contribution in [-0.2, 0) is 23.8 Å². The van der Waals surface area contributed by atoms with Crippen molar-refractivity contribution in [2.45, 2.75) is 32.7 Å². The predicted octanol–water partition coefficient (Wildman–Crippen LogP) is 3.90. The van der Waals surface area contributed by atoms with E-state index in [4.69, 9.17) is 4.52 Å². The van der Waals surface area contributed by atoms with Crippen LogP contribution in [0.1, 0.15) is 42.8 Å². The number of nitrogens with zero attached hydrogens (tertiary/aromatic N) is 6. The van der Waals surface area contributed by atoms with Gasteiger partial charge in [-0.2, -0.15) is 10.1 Å². The lowest BCUT2D eigenvalue weighted by Crippen LogP contribution is -2.24. The van der Waals surface area contributed by atoms with E-state index in [1.165, 1.54) is 6.07 Å². The third-order valence-electron chi connectivity index (χ3n) is 5.98. The molecular formula is C27H26FN9O3. The summed E-state index contributed by atoms with van der Waals surface area (Å²) < 4.78 is 21.7. The molecule has 0 saturated heterocycles. The number of aryl methyl sites for hydroxylation is 1. The fourth-order valence-electron chi connectivity index (χ4n) is 3.93. The molecule has 0 spiro atoms. The third kappa shape index (κ3) is 5.21. The Morgan fingerprint density at radius 2 is 2.02 bits per heavy atom. The zero-order chi connectivity index (χ0) is 28.6. The monoisotopic (exact) mass is 543 g/mol. The maximum Gasteiger partial charge on any atom is 0.315 e. The first-order chi connectivity index (χ1) is 19.0. The molecule has 0 aliphatic heterocycles. The Labute approximate surface area is 227 Å². The summed E-state index contributed by atoms with van der Waals surface area (Å²) in [5.41, 5.74) is 2.95. The van der Waals surface area contributed by atoms with Crippen molar-refractivity contribution in [1.29, 1.82) is 0 Å². The Morgan fingerprint density at radius 1 is 1.23 bits per heavy atom. The van der Waals surface area contributed by atoms with E-state index in [0.717, 1.165) is 6.08 Å². The van der Waals surface area contributed by atoms with Gasteiger partial charge in [0.15, 0.2) is 23.0 Å². The number of pyridine rings is 1. The minimum absolute atomic E-state index is 0.0724. The highest BCUT2D eigenvalue weighted by molar-refractivity contribution is 6.01. The van der Waals surface area contributed by atoms with Crippen LogP contribution in [0.2, 0.25) is 0 Å². The number of benzene rings is 1. The summed E-state index contributed by atoms with van der Waals surface area (Å²) in [6.07, 6.45) is 4.38. The zero-order valence-corrected chi connectivity index (χ0v) is 22.2. The van der Waals surface area contributed by atoms with Gasteiger partial charge >= 0.3 is 11.8 Å². The number of hydrogen-bond donors (Lipinski definition) is 3. The van der Waals surface area contributed by atoms with Gasteiger partial charge in [-0.25, -0.2) is 14.4 Å². The molecule has 4 aromatic heterocycles. The summed E-state index contributed by atoms with van der Waals surface area (Å²) in [5, 5.41) is 13.5. The van der Waals surface area contributed by atoms with Crippen LogP contribution in [0.4, 0.5) is 10.1 Å². The first kappa shape index (κ1) is 26.4. The van der Waals surface area contributed by atoms with Crippen LogP contribution in [0.5, 0.6) is 0 Å². The SMILES string of the molecule is C=CC(=O)Nc1cn(C)nc1-c1nc2nccc(-c3ccc(CNC(=O)c4nc(C(C)(C)C)no4)c(F)c3)c2[nH]1. The molecule has 0 unspecified atom stereocenters. The molecule has 0 radical (unpaired) electrons. The lowest BCUT2D eigenvalue weighted by molar-refractivity contribution is -0.111. The van der Waals surface area contributed by atoms with Crippen LogP contribution in [0, 0.1) is 5.82 Å². The van der Waals surface area contributed by atoms with Crippen molar-refractivity contribution in [3.63, 3.8) is 0 Å². The highest BCUT2D eigenvalue weighted by atomic mass is 19.1. The number of halogens is 1. The van der Waals surface area contributed by atoms with E-state index >= 15 is 4.39 Å². The molecule has 0 fully saturated rings. The average Bonchev–Trinajstić information content (AvgIpc) is 3.65. The summed E-state index contributed by atoms with van der Waals surface area (Å²) >= 11 is 0. The Kier molecular flexibility index (Phi) is 6.71. The molecule has 0 aliphatic carbocycles. The Bertz CT molecular complexity index is 1760. The van der Waals surface area contributed by atoms with E-state index in [2.05, 4.69) is 47.4 Å². The summed E-state index contributed by atoms with van der Waals surface area (Å²) in [6.45, 7) is 9.09. The molecule has 1 aromatic carbocycles. The number of H-pyrrole nitrogens is 1. The van der Waals surface area contributed by atoms with Crippen LogP contribution >= 0.6 is 0 Å². The number of rotatable bonds is 7. The van der Waals surface area contributed by atoms with Crippen molar-refractivity contribution in [2.24, 2.45) is 7.05 Å². The number of anilines is 1. The van der Waals surface area contributed by atoms with Crippen LogP contribution in [0.25, 0.3) is 33.8 Å². The molecule has 3 N–H and O–H groups in total. The van der Waals surface area contributed by atoms with Gasteiger partial charge in [0, 0.05) is 42.5 Å². The number of fused-ring (bicyclic) bond motifs is 1. The average molecular weight is 544 g/mol. The number of amides is 2. The normalized spacial score (nSPS) is 11.5. The predicted molar refractivity (Wildman–Crippen MR) is 144 cm³/mol. The molecule has 5 rings (SSSR count). The smallest absolute Gasteiger partial charge is 0.315 e. The summed E-state index contributed by atoms with van der Waals surface area (Å²) in [7, 11) is 1.72. The minimum Gasteiger partial charge on any atom is -0.344 e. The molecule has 0 atom stereocenters. The molecule has 0 saturated carbocycles. The Balaban J connectivity index is 1.38. The van der Waals surface area contributed by atoms with Gasteiger partial charge in [0.1, 0.15) is 5.82 Å². The van der Waals surface area contributed by atoms with E-state index < -0.39 is 11.7 Å². The second-order valence-corrected chi connectivity index (χ2v) is 10.1. The first-order valence-corrected chi connectivity index (χ1v) is 12.3. The van der Waals surface area contributed by atoms with Gasteiger partial charge in [-0.15, -0.1) is 0 Å². The van der Waals surface area contributed by atoms with E-state index in [-0.39, 0.29) is 29.3 Å². The molecule has 40 heavy (non-hydrogen) atoms. The number of hydrogen-bond acceptors (Lipinski definition) is 8. The van der Waals surface area contributed by atoms with Crippen molar-refractivity contribution in [1.82, 2.24) is 40.2 Å².